The van der Waals surface area contributed by atoms with Crippen molar-refractivity contribution in [3.8, 4) is 0 Å². The van der Waals surface area contributed by atoms with Gasteiger partial charge < -0.3 is 0 Å². The zero-order valence-corrected chi connectivity index (χ0v) is 9.44. The van der Waals surface area contributed by atoms with Gasteiger partial charge in [-0.3, -0.25) is 0 Å². The molecule has 2 rings (SSSR count). The fraction of sp³-hybridized carbons (Fsp3) is 0.636. The fourth-order valence-corrected chi connectivity index (χ4v) is 3.33. The lowest BCUT2D eigenvalue weighted by Crippen LogP contribution is -2.30. The molecule has 0 nitrogen and oxygen atoms in total. The van der Waals surface area contributed by atoms with Crippen molar-refractivity contribution < 1.29 is 0 Å². The van der Waals surface area contributed by atoms with Crippen LogP contribution in [0.15, 0.2) is 23.8 Å². The summed E-state index contributed by atoms with van der Waals surface area (Å²) in [5.74, 6) is 1.17. The molecule has 0 aliphatic heterocycles. The molecule has 0 radical (unpaired) electrons. The molecule has 1 fully saturated rings. The smallest absolute Gasteiger partial charge is 0.101 e. The number of hydrogen-bond acceptors (Lipinski definition) is 0. The second kappa shape index (κ2) is 3.03. The van der Waals surface area contributed by atoms with E-state index in [-0.39, 0.29) is 0 Å². The Labute approximate surface area is 89.6 Å². The normalized spacial score (nSPS) is 41.5. The Hall–Kier alpha value is 0.0600. The first-order chi connectivity index (χ1) is 6.03. The number of fused-ring (bicyclic) bond motifs is 1. The molecule has 3 unspecified atom stereocenters. The van der Waals surface area contributed by atoms with Crippen LogP contribution in [0.1, 0.15) is 20.3 Å². The first kappa shape index (κ1) is 9.61. The summed E-state index contributed by atoms with van der Waals surface area (Å²) < 4.78 is -0.560. The highest BCUT2D eigenvalue weighted by Gasteiger charge is 2.50. The van der Waals surface area contributed by atoms with Crippen molar-refractivity contribution in [1.82, 2.24) is 0 Å². The largest absolute Gasteiger partial charge is 0.128 e. The molecule has 0 saturated heterocycles. The van der Waals surface area contributed by atoms with Gasteiger partial charge >= 0.3 is 0 Å². The minimum absolute atomic E-state index is 0.329. The van der Waals surface area contributed by atoms with E-state index in [1.54, 1.807) is 0 Å². The predicted molar refractivity (Wildman–Crippen MR) is 58.1 cm³/mol. The lowest BCUT2D eigenvalue weighted by Gasteiger charge is -2.30. The third-order valence-electron chi connectivity index (χ3n) is 3.26. The average Bonchev–Trinajstić information content (AvgIpc) is 2.24. The summed E-state index contributed by atoms with van der Waals surface area (Å²) in [5, 5.41) is 0. The van der Waals surface area contributed by atoms with E-state index in [1.807, 2.05) is 0 Å². The fourth-order valence-electron chi connectivity index (χ4n) is 2.50. The number of allylic oxidation sites excluding steroid dienone is 4. The van der Waals surface area contributed by atoms with E-state index in [9.17, 15) is 0 Å². The van der Waals surface area contributed by atoms with Crippen molar-refractivity contribution in [2.24, 2.45) is 17.8 Å². The molecule has 0 aromatic carbocycles. The summed E-state index contributed by atoms with van der Waals surface area (Å²) >= 11 is 12.8. The van der Waals surface area contributed by atoms with Crippen LogP contribution in [0.3, 0.4) is 0 Å². The monoisotopic (exact) mass is 216 g/mol. The van der Waals surface area contributed by atoms with E-state index in [1.165, 1.54) is 5.57 Å². The van der Waals surface area contributed by atoms with Crippen LogP contribution in [0.2, 0.25) is 0 Å². The minimum atomic E-state index is -0.560. The van der Waals surface area contributed by atoms with Crippen LogP contribution in [0, 0.1) is 17.8 Å². The summed E-state index contributed by atoms with van der Waals surface area (Å²) in [6, 6.07) is 0. The van der Waals surface area contributed by atoms with Crippen molar-refractivity contribution in [3.63, 3.8) is 0 Å². The van der Waals surface area contributed by atoms with Gasteiger partial charge in [0, 0.05) is 5.92 Å². The highest BCUT2D eigenvalue weighted by Crippen LogP contribution is 2.55. The maximum atomic E-state index is 6.38. The molecule has 13 heavy (non-hydrogen) atoms. The zero-order chi connectivity index (χ0) is 9.64. The van der Waals surface area contributed by atoms with E-state index >= 15 is 0 Å². The summed E-state index contributed by atoms with van der Waals surface area (Å²) in [5.41, 5.74) is 1.42. The summed E-state index contributed by atoms with van der Waals surface area (Å²) in [4.78, 5) is 0. The van der Waals surface area contributed by atoms with Crippen LogP contribution in [-0.4, -0.2) is 4.33 Å². The molecular weight excluding hydrogens is 203 g/mol. The average molecular weight is 217 g/mol. The van der Waals surface area contributed by atoms with Gasteiger partial charge in [0.25, 0.3) is 0 Å². The van der Waals surface area contributed by atoms with Gasteiger partial charge in [-0.2, -0.15) is 0 Å². The number of alkyl halides is 2. The molecule has 0 bridgehead atoms. The Balaban J connectivity index is 2.37. The number of halogens is 2. The molecule has 0 aromatic rings. The standard InChI is InChI=1S/C11H14Cl2/c1-7-4-3-5-9-6-8(2)11(12,13)10(7)9/h3-5,7-8,10H,6H2,1-2H3. The van der Waals surface area contributed by atoms with Crippen LogP contribution < -0.4 is 0 Å². The van der Waals surface area contributed by atoms with E-state index in [0.717, 1.165) is 6.42 Å². The molecule has 0 N–H and O–H groups in total. The van der Waals surface area contributed by atoms with Crippen LogP contribution in [0.4, 0.5) is 0 Å². The summed E-state index contributed by atoms with van der Waals surface area (Å²) in [6.07, 6.45) is 7.53. The van der Waals surface area contributed by atoms with Crippen molar-refractivity contribution in [1.29, 1.82) is 0 Å². The first-order valence-electron chi connectivity index (χ1n) is 4.78. The highest BCUT2D eigenvalue weighted by atomic mass is 35.5. The van der Waals surface area contributed by atoms with Crippen molar-refractivity contribution in [2.45, 2.75) is 24.6 Å². The van der Waals surface area contributed by atoms with Gasteiger partial charge in [0.05, 0.1) is 0 Å². The Morgan fingerprint density at radius 3 is 2.69 bits per heavy atom. The molecule has 0 spiro atoms. The molecule has 1 saturated carbocycles. The van der Waals surface area contributed by atoms with Gasteiger partial charge in [-0.25, -0.2) is 0 Å². The van der Waals surface area contributed by atoms with Gasteiger partial charge in [0.15, 0.2) is 0 Å². The van der Waals surface area contributed by atoms with E-state index < -0.39 is 4.33 Å². The van der Waals surface area contributed by atoms with E-state index in [0.29, 0.717) is 17.8 Å². The lowest BCUT2D eigenvalue weighted by atomic mass is 9.85. The van der Waals surface area contributed by atoms with Crippen LogP contribution in [0.25, 0.3) is 0 Å². The Bertz CT molecular complexity index is 276. The molecule has 0 aromatic heterocycles. The van der Waals surface area contributed by atoms with Crippen LogP contribution >= 0.6 is 23.2 Å². The molecular formula is C11H14Cl2. The quantitative estimate of drug-likeness (QED) is 0.539. The zero-order valence-electron chi connectivity index (χ0n) is 7.93. The number of rotatable bonds is 0. The third-order valence-corrected chi connectivity index (χ3v) is 4.48. The van der Waals surface area contributed by atoms with Gasteiger partial charge in [-0.1, -0.05) is 37.6 Å². The molecule has 2 aliphatic carbocycles. The van der Waals surface area contributed by atoms with Gasteiger partial charge in [0.2, 0.25) is 0 Å². The van der Waals surface area contributed by atoms with Crippen molar-refractivity contribution >= 4 is 23.2 Å². The maximum Gasteiger partial charge on any atom is 0.128 e. The summed E-state index contributed by atoms with van der Waals surface area (Å²) in [6.45, 7) is 4.32. The Kier molecular flexibility index (Phi) is 2.24. The van der Waals surface area contributed by atoms with Crippen LogP contribution in [-0.2, 0) is 0 Å². The second-order valence-corrected chi connectivity index (χ2v) is 5.69. The highest BCUT2D eigenvalue weighted by molar-refractivity contribution is 6.49. The van der Waals surface area contributed by atoms with Crippen molar-refractivity contribution in [2.75, 3.05) is 0 Å². The Morgan fingerprint density at radius 2 is 2.08 bits per heavy atom. The summed E-state index contributed by atoms with van der Waals surface area (Å²) in [7, 11) is 0. The number of hydrogen-bond donors (Lipinski definition) is 0. The molecule has 0 amide bonds. The molecule has 0 heterocycles. The Morgan fingerprint density at radius 1 is 1.38 bits per heavy atom. The molecule has 2 heteroatoms. The molecule has 3 atom stereocenters. The van der Waals surface area contributed by atoms with Gasteiger partial charge in [-0.05, 0) is 18.3 Å². The topological polar surface area (TPSA) is 0 Å². The van der Waals surface area contributed by atoms with Gasteiger partial charge in [-0.15, -0.1) is 23.2 Å². The molecule has 2 aliphatic rings. The van der Waals surface area contributed by atoms with Crippen molar-refractivity contribution in [3.05, 3.63) is 23.8 Å². The predicted octanol–water partition coefficient (Wildman–Crippen LogP) is 3.95. The van der Waals surface area contributed by atoms with Crippen LogP contribution in [0.5, 0.6) is 0 Å². The molecule has 72 valence electrons. The minimum Gasteiger partial charge on any atom is -0.101 e. The third kappa shape index (κ3) is 1.35. The van der Waals surface area contributed by atoms with Gasteiger partial charge in [0.1, 0.15) is 4.33 Å². The van der Waals surface area contributed by atoms with E-state index in [4.69, 9.17) is 23.2 Å². The van der Waals surface area contributed by atoms with E-state index in [2.05, 4.69) is 32.1 Å². The lowest BCUT2D eigenvalue weighted by molar-refractivity contribution is 0.424. The first-order valence-corrected chi connectivity index (χ1v) is 5.54. The maximum absolute atomic E-state index is 6.38. The second-order valence-electron chi connectivity index (χ2n) is 4.24. The SMILES string of the molecule is CC1C=CC=C2CC(C)C(Cl)(Cl)C21.